The molecule has 2 aromatic carbocycles. The highest BCUT2D eigenvalue weighted by Crippen LogP contribution is 2.36. The van der Waals surface area contributed by atoms with E-state index in [9.17, 15) is 13.2 Å². The summed E-state index contributed by atoms with van der Waals surface area (Å²) in [5.74, 6) is 0.541. The minimum absolute atomic E-state index is 0.269. The van der Waals surface area contributed by atoms with Crippen molar-refractivity contribution >= 4 is 0 Å². The molecule has 1 fully saturated rings. The Morgan fingerprint density at radius 3 is 2.29 bits per heavy atom. The Bertz CT molecular complexity index is 670. The molecule has 1 aliphatic heterocycles. The van der Waals surface area contributed by atoms with E-state index in [1.807, 2.05) is 18.2 Å². The van der Waals surface area contributed by atoms with E-state index in [2.05, 4.69) is 17.0 Å². The number of hydrogen-bond acceptors (Lipinski definition) is 2. The molecule has 2 nitrogen and oxygen atoms in total. The van der Waals surface area contributed by atoms with Gasteiger partial charge >= 0.3 is 6.18 Å². The van der Waals surface area contributed by atoms with Crippen LogP contribution in [-0.4, -0.2) is 24.5 Å². The minimum atomic E-state index is -4.32. The van der Waals surface area contributed by atoms with Crippen LogP contribution in [0.3, 0.4) is 0 Å². The fraction of sp³-hybridized carbons (Fsp3) is 0.368. The van der Waals surface area contributed by atoms with E-state index in [0.29, 0.717) is 18.7 Å². The Balaban J connectivity index is 1.78. The van der Waals surface area contributed by atoms with Crippen molar-refractivity contribution < 1.29 is 13.2 Å². The maximum Gasteiger partial charge on any atom is 0.416 e. The van der Waals surface area contributed by atoms with Crippen LogP contribution in [0.5, 0.6) is 0 Å². The Morgan fingerprint density at radius 2 is 1.62 bits per heavy atom. The number of rotatable bonds is 4. The predicted octanol–water partition coefficient (Wildman–Crippen LogP) is 3.88. The first-order chi connectivity index (χ1) is 11.5. The number of likely N-dealkylation sites (tertiary alicyclic amines) is 1. The lowest BCUT2D eigenvalue weighted by Gasteiger charge is -2.19. The van der Waals surface area contributed by atoms with Crippen LogP contribution < -0.4 is 5.73 Å². The Morgan fingerprint density at radius 1 is 0.958 bits per heavy atom. The monoisotopic (exact) mass is 334 g/mol. The summed E-state index contributed by atoms with van der Waals surface area (Å²) >= 11 is 0. The molecule has 1 saturated heterocycles. The van der Waals surface area contributed by atoms with Gasteiger partial charge in [-0.3, -0.25) is 4.90 Å². The van der Waals surface area contributed by atoms with Crippen molar-refractivity contribution in [2.75, 3.05) is 19.6 Å². The van der Waals surface area contributed by atoms with Crippen molar-refractivity contribution in [2.45, 2.75) is 18.6 Å². The molecule has 0 spiro atoms. The molecule has 5 heteroatoms. The Labute approximate surface area is 140 Å². The number of hydrogen-bond donors (Lipinski definition) is 1. The van der Waals surface area contributed by atoms with Crippen LogP contribution >= 0.6 is 0 Å². The first-order valence-electron chi connectivity index (χ1n) is 8.11. The van der Waals surface area contributed by atoms with Gasteiger partial charge in [0.2, 0.25) is 0 Å². The van der Waals surface area contributed by atoms with E-state index in [1.165, 1.54) is 11.6 Å². The van der Waals surface area contributed by atoms with Crippen LogP contribution in [0.1, 0.15) is 22.6 Å². The summed E-state index contributed by atoms with van der Waals surface area (Å²) < 4.78 is 39.5. The minimum Gasteiger partial charge on any atom is -0.330 e. The third-order valence-electron chi connectivity index (χ3n) is 4.76. The first kappa shape index (κ1) is 17.0. The SMILES string of the molecule is NC[C@@H]1CN(Cc2ccccc2C(F)(F)F)C[C@H]1c1ccccc1. The van der Waals surface area contributed by atoms with E-state index in [1.54, 1.807) is 12.1 Å². The van der Waals surface area contributed by atoms with Crippen LogP contribution in [0.4, 0.5) is 13.2 Å². The molecular formula is C19H21F3N2. The molecule has 0 saturated carbocycles. The third-order valence-corrected chi connectivity index (χ3v) is 4.76. The van der Waals surface area contributed by atoms with E-state index in [0.717, 1.165) is 19.2 Å². The summed E-state index contributed by atoms with van der Waals surface area (Å²) in [6.45, 7) is 2.30. The topological polar surface area (TPSA) is 29.3 Å². The van der Waals surface area contributed by atoms with Gasteiger partial charge in [0.05, 0.1) is 5.56 Å². The first-order valence-corrected chi connectivity index (χ1v) is 8.11. The van der Waals surface area contributed by atoms with Crippen molar-refractivity contribution in [2.24, 2.45) is 11.7 Å². The van der Waals surface area contributed by atoms with Crippen LogP contribution in [0.2, 0.25) is 0 Å². The zero-order valence-electron chi connectivity index (χ0n) is 13.3. The lowest BCUT2D eigenvalue weighted by molar-refractivity contribution is -0.138. The van der Waals surface area contributed by atoms with Gasteiger partial charge < -0.3 is 5.73 Å². The molecule has 2 aromatic rings. The summed E-state index contributed by atoms with van der Waals surface area (Å²) in [6, 6.07) is 15.9. The van der Waals surface area contributed by atoms with Gasteiger partial charge in [0, 0.05) is 25.6 Å². The van der Waals surface area contributed by atoms with Gasteiger partial charge in [-0.1, -0.05) is 48.5 Å². The fourth-order valence-corrected chi connectivity index (χ4v) is 3.58. The highest BCUT2D eigenvalue weighted by Gasteiger charge is 2.36. The predicted molar refractivity (Wildman–Crippen MR) is 88.4 cm³/mol. The quantitative estimate of drug-likeness (QED) is 0.919. The van der Waals surface area contributed by atoms with Crippen molar-refractivity contribution in [3.05, 3.63) is 71.3 Å². The maximum absolute atomic E-state index is 13.2. The largest absolute Gasteiger partial charge is 0.416 e. The zero-order chi connectivity index (χ0) is 17.2. The van der Waals surface area contributed by atoms with Crippen molar-refractivity contribution in [3.63, 3.8) is 0 Å². The average Bonchev–Trinajstić information content (AvgIpc) is 2.98. The number of halogens is 3. The molecule has 128 valence electrons. The van der Waals surface area contributed by atoms with E-state index >= 15 is 0 Å². The van der Waals surface area contributed by atoms with Crippen LogP contribution in [0.25, 0.3) is 0 Å². The van der Waals surface area contributed by atoms with Gasteiger partial charge in [0.25, 0.3) is 0 Å². The van der Waals surface area contributed by atoms with E-state index < -0.39 is 11.7 Å². The molecule has 1 aliphatic rings. The summed E-state index contributed by atoms with van der Waals surface area (Å²) in [7, 11) is 0. The summed E-state index contributed by atoms with van der Waals surface area (Å²) in [5.41, 5.74) is 6.90. The molecule has 1 heterocycles. The van der Waals surface area contributed by atoms with Crippen LogP contribution in [0, 0.1) is 5.92 Å². The van der Waals surface area contributed by atoms with Gasteiger partial charge in [-0.15, -0.1) is 0 Å². The highest BCUT2D eigenvalue weighted by atomic mass is 19.4. The second kappa shape index (κ2) is 6.95. The summed E-state index contributed by atoms with van der Waals surface area (Å²) in [4.78, 5) is 2.08. The Hall–Kier alpha value is -1.85. The highest BCUT2D eigenvalue weighted by molar-refractivity contribution is 5.30. The number of benzene rings is 2. The second-order valence-electron chi connectivity index (χ2n) is 6.36. The average molecular weight is 334 g/mol. The number of nitrogens with zero attached hydrogens (tertiary/aromatic N) is 1. The van der Waals surface area contributed by atoms with Crippen LogP contribution in [0.15, 0.2) is 54.6 Å². The van der Waals surface area contributed by atoms with Gasteiger partial charge in [0.15, 0.2) is 0 Å². The lowest BCUT2D eigenvalue weighted by Crippen LogP contribution is -2.24. The normalized spacial score (nSPS) is 22.0. The lowest BCUT2D eigenvalue weighted by atomic mass is 9.89. The number of alkyl halides is 3. The molecule has 2 atom stereocenters. The van der Waals surface area contributed by atoms with E-state index in [4.69, 9.17) is 5.73 Å². The van der Waals surface area contributed by atoms with Crippen LogP contribution in [-0.2, 0) is 12.7 Å². The second-order valence-corrected chi connectivity index (χ2v) is 6.36. The molecule has 0 aliphatic carbocycles. The standard InChI is InChI=1S/C19H21F3N2/c20-19(21,22)18-9-5-4-8-15(18)11-24-12-16(10-23)17(13-24)14-6-2-1-3-7-14/h1-9,16-17H,10-13,23H2/t16-,17+/m1/s1. The molecular weight excluding hydrogens is 313 g/mol. The smallest absolute Gasteiger partial charge is 0.330 e. The molecule has 0 aromatic heterocycles. The van der Waals surface area contributed by atoms with Gasteiger partial charge in [-0.2, -0.15) is 13.2 Å². The molecule has 0 radical (unpaired) electrons. The fourth-order valence-electron chi connectivity index (χ4n) is 3.58. The summed E-state index contributed by atoms with van der Waals surface area (Å²) in [6.07, 6.45) is -4.32. The molecule has 0 unspecified atom stereocenters. The maximum atomic E-state index is 13.2. The zero-order valence-corrected chi connectivity index (χ0v) is 13.3. The van der Waals surface area contributed by atoms with Crippen molar-refractivity contribution in [1.29, 1.82) is 0 Å². The van der Waals surface area contributed by atoms with Gasteiger partial charge in [0.1, 0.15) is 0 Å². The van der Waals surface area contributed by atoms with Crippen molar-refractivity contribution in [1.82, 2.24) is 4.90 Å². The number of nitrogens with two attached hydrogens (primary N) is 1. The van der Waals surface area contributed by atoms with Gasteiger partial charge in [-0.05, 0) is 29.7 Å². The Kier molecular flexibility index (Phi) is 4.92. The summed E-state index contributed by atoms with van der Waals surface area (Å²) in [5, 5.41) is 0. The molecule has 3 rings (SSSR count). The molecule has 24 heavy (non-hydrogen) atoms. The molecule has 2 N–H and O–H groups in total. The molecule has 0 amide bonds. The third kappa shape index (κ3) is 3.62. The van der Waals surface area contributed by atoms with E-state index in [-0.39, 0.29) is 11.8 Å². The molecule has 0 bridgehead atoms. The van der Waals surface area contributed by atoms with Gasteiger partial charge in [-0.25, -0.2) is 0 Å². The van der Waals surface area contributed by atoms with Crippen molar-refractivity contribution in [3.8, 4) is 0 Å².